The lowest BCUT2D eigenvalue weighted by Gasteiger charge is -2.31. The molecule has 1 saturated carbocycles. The molecule has 2 nitrogen and oxygen atoms in total. The van der Waals surface area contributed by atoms with E-state index in [-0.39, 0.29) is 0 Å². The average molecular weight is 338 g/mol. The van der Waals surface area contributed by atoms with E-state index in [0.29, 0.717) is 12.0 Å². The van der Waals surface area contributed by atoms with Crippen LogP contribution in [0.15, 0.2) is 54.6 Å². The van der Waals surface area contributed by atoms with Gasteiger partial charge in [-0.25, -0.2) is 0 Å². The Balaban J connectivity index is 1.47. The Hall–Kier alpha value is -1.80. The molecule has 0 heterocycles. The van der Waals surface area contributed by atoms with E-state index >= 15 is 0 Å². The van der Waals surface area contributed by atoms with Crippen molar-refractivity contribution in [3.63, 3.8) is 0 Å². The monoisotopic (exact) mass is 337 g/mol. The van der Waals surface area contributed by atoms with Crippen molar-refractivity contribution in [3.05, 3.63) is 65.7 Å². The smallest absolute Gasteiger partial charge is 0.118 e. The van der Waals surface area contributed by atoms with Crippen LogP contribution in [0.25, 0.3) is 0 Å². The van der Waals surface area contributed by atoms with Gasteiger partial charge in [-0.15, -0.1) is 0 Å². The number of benzene rings is 2. The minimum atomic E-state index is 0.572. The quantitative estimate of drug-likeness (QED) is 0.751. The largest absolute Gasteiger partial charge is 0.497 e. The highest BCUT2D eigenvalue weighted by atomic mass is 16.5. The molecule has 1 aliphatic carbocycles. The third-order valence-corrected chi connectivity index (χ3v) is 5.55. The van der Waals surface area contributed by atoms with Gasteiger partial charge in [-0.2, -0.15) is 0 Å². The molecule has 0 radical (unpaired) electrons. The zero-order chi connectivity index (χ0) is 17.5. The van der Waals surface area contributed by atoms with Gasteiger partial charge < -0.3 is 10.1 Å². The maximum Gasteiger partial charge on any atom is 0.118 e. The van der Waals surface area contributed by atoms with Crippen LogP contribution in [0.5, 0.6) is 5.75 Å². The Morgan fingerprint density at radius 2 is 1.80 bits per heavy atom. The maximum absolute atomic E-state index is 5.26. The minimum Gasteiger partial charge on any atom is -0.497 e. The van der Waals surface area contributed by atoms with Gasteiger partial charge in [-0.3, -0.25) is 0 Å². The normalized spacial score (nSPS) is 21.7. The van der Waals surface area contributed by atoms with Crippen LogP contribution >= 0.6 is 0 Å². The molecule has 2 heteroatoms. The van der Waals surface area contributed by atoms with Crippen LogP contribution in [-0.4, -0.2) is 19.7 Å². The summed E-state index contributed by atoms with van der Waals surface area (Å²) in [6.45, 7) is 3.39. The molecule has 0 bridgehead atoms. The molecule has 3 rings (SSSR count). The molecule has 25 heavy (non-hydrogen) atoms. The first-order chi connectivity index (χ1) is 12.2. The van der Waals surface area contributed by atoms with Crippen molar-refractivity contribution in [3.8, 4) is 5.75 Å². The molecule has 1 N–H and O–H groups in total. The second-order valence-electron chi connectivity index (χ2n) is 7.50. The molecule has 0 amide bonds. The number of rotatable bonds is 7. The predicted molar refractivity (Wildman–Crippen MR) is 105 cm³/mol. The average Bonchev–Trinajstić information content (AvgIpc) is 2.68. The van der Waals surface area contributed by atoms with Crippen molar-refractivity contribution in [1.29, 1.82) is 0 Å². The molecule has 1 fully saturated rings. The van der Waals surface area contributed by atoms with Gasteiger partial charge in [0.1, 0.15) is 5.75 Å². The van der Waals surface area contributed by atoms with Gasteiger partial charge >= 0.3 is 0 Å². The third kappa shape index (κ3) is 5.34. The first kappa shape index (κ1) is 18.0. The number of methoxy groups -OCH3 is 1. The van der Waals surface area contributed by atoms with Gasteiger partial charge in [0.15, 0.2) is 0 Å². The zero-order valence-electron chi connectivity index (χ0n) is 15.6. The topological polar surface area (TPSA) is 21.3 Å². The van der Waals surface area contributed by atoms with E-state index in [1.165, 1.54) is 43.2 Å². The molecule has 1 aliphatic rings. The maximum atomic E-state index is 5.26. The zero-order valence-corrected chi connectivity index (χ0v) is 15.6. The highest BCUT2D eigenvalue weighted by molar-refractivity contribution is 5.27. The standard InChI is InChI=1S/C23H31NO/c1-18(21-8-4-3-5-9-21)17-24-22-10-6-7-20(16-22)15-19-11-13-23(25-2)14-12-19/h3-5,8-9,11-14,18,20,22,24H,6-7,10,15-17H2,1-2H3/t18-,20+,22+/m1/s1. The first-order valence-corrected chi connectivity index (χ1v) is 9.66. The summed E-state index contributed by atoms with van der Waals surface area (Å²) in [6.07, 6.45) is 6.52. The molecule has 0 unspecified atom stereocenters. The van der Waals surface area contributed by atoms with Crippen LogP contribution in [0.2, 0.25) is 0 Å². The van der Waals surface area contributed by atoms with Crippen LogP contribution in [0.3, 0.4) is 0 Å². The van der Waals surface area contributed by atoms with E-state index in [0.717, 1.165) is 18.2 Å². The minimum absolute atomic E-state index is 0.572. The Morgan fingerprint density at radius 1 is 1.04 bits per heavy atom. The van der Waals surface area contributed by atoms with Gasteiger partial charge in [0, 0.05) is 12.6 Å². The first-order valence-electron chi connectivity index (χ1n) is 9.66. The van der Waals surface area contributed by atoms with Crippen molar-refractivity contribution in [2.45, 2.75) is 51.0 Å². The van der Waals surface area contributed by atoms with Gasteiger partial charge in [-0.05, 0) is 54.4 Å². The lowest BCUT2D eigenvalue weighted by atomic mass is 9.82. The lowest BCUT2D eigenvalue weighted by molar-refractivity contribution is 0.281. The van der Waals surface area contributed by atoms with Crippen LogP contribution in [0.4, 0.5) is 0 Å². The molecule has 0 spiro atoms. The summed E-state index contributed by atoms with van der Waals surface area (Å²) >= 11 is 0. The van der Waals surface area contributed by atoms with E-state index in [1.54, 1.807) is 7.11 Å². The number of ether oxygens (including phenoxy) is 1. The summed E-state index contributed by atoms with van der Waals surface area (Å²) in [6, 6.07) is 20.1. The Morgan fingerprint density at radius 3 is 2.52 bits per heavy atom. The molecule has 134 valence electrons. The van der Waals surface area contributed by atoms with E-state index < -0.39 is 0 Å². The number of hydrogen-bond donors (Lipinski definition) is 1. The van der Waals surface area contributed by atoms with Gasteiger partial charge in [0.25, 0.3) is 0 Å². The van der Waals surface area contributed by atoms with Crippen LogP contribution < -0.4 is 10.1 Å². The number of hydrogen-bond acceptors (Lipinski definition) is 2. The van der Waals surface area contributed by atoms with Gasteiger partial charge in [-0.1, -0.05) is 62.2 Å². The van der Waals surface area contributed by atoms with Crippen molar-refractivity contribution in [2.24, 2.45) is 5.92 Å². The van der Waals surface area contributed by atoms with Crippen LogP contribution in [-0.2, 0) is 6.42 Å². The molecular formula is C23H31NO. The van der Waals surface area contributed by atoms with Crippen molar-refractivity contribution < 1.29 is 4.74 Å². The third-order valence-electron chi connectivity index (χ3n) is 5.55. The summed E-state index contributed by atoms with van der Waals surface area (Å²) in [5.41, 5.74) is 2.87. The molecule has 0 saturated heterocycles. The van der Waals surface area contributed by atoms with Gasteiger partial charge in [0.05, 0.1) is 7.11 Å². The Bertz CT molecular complexity index is 622. The van der Waals surface area contributed by atoms with Crippen molar-refractivity contribution in [2.75, 3.05) is 13.7 Å². The molecule has 3 atom stereocenters. The second-order valence-corrected chi connectivity index (χ2v) is 7.50. The van der Waals surface area contributed by atoms with Crippen molar-refractivity contribution >= 4 is 0 Å². The van der Waals surface area contributed by atoms with Gasteiger partial charge in [0.2, 0.25) is 0 Å². The summed E-state index contributed by atoms with van der Waals surface area (Å²) < 4.78 is 5.26. The summed E-state index contributed by atoms with van der Waals surface area (Å²) in [7, 11) is 1.73. The van der Waals surface area contributed by atoms with E-state index in [1.807, 2.05) is 0 Å². The molecule has 0 aliphatic heterocycles. The number of nitrogens with one attached hydrogen (secondary N) is 1. The predicted octanol–water partition coefficient (Wildman–Crippen LogP) is 5.19. The highest BCUT2D eigenvalue weighted by Crippen LogP contribution is 2.28. The van der Waals surface area contributed by atoms with E-state index in [4.69, 9.17) is 4.74 Å². The summed E-state index contributed by atoms with van der Waals surface area (Å²) in [4.78, 5) is 0. The molecule has 2 aromatic carbocycles. The highest BCUT2D eigenvalue weighted by Gasteiger charge is 2.22. The fourth-order valence-corrected chi connectivity index (χ4v) is 4.00. The lowest BCUT2D eigenvalue weighted by Crippen LogP contribution is -2.36. The fraction of sp³-hybridized carbons (Fsp3) is 0.478. The Kier molecular flexibility index (Phi) is 6.52. The van der Waals surface area contributed by atoms with E-state index in [9.17, 15) is 0 Å². The van der Waals surface area contributed by atoms with Crippen LogP contribution in [0.1, 0.15) is 49.7 Å². The summed E-state index contributed by atoms with van der Waals surface area (Å²) in [5.74, 6) is 2.32. The summed E-state index contributed by atoms with van der Waals surface area (Å²) in [5, 5.41) is 3.83. The molecule has 2 aromatic rings. The van der Waals surface area contributed by atoms with E-state index in [2.05, 4.69) is 66.8 Å². The molecule has 0 aromatic heterocycles. The van der Waals surface area contributed by atoms with Crippen molar-refractivity contribution in [1.82, 2.24) is 5.32 Å². The molecular weight excluding hydrogens is 306 g/mol. The second kappa shape index (κ2) is 9.05. The van der Waals surface area contributed by atoms with Crippen LogP contribution in [0, 0.1) is 5.92 Å². The fourth-order valence-electron chi connectivity index (χ4n) is 4.00. The Labute approximate surface area is 152 Å². The SMILES string of the molecule is COc1ccc(C[C@@H]2CCC[C@H](NC[C@@H](C)c3ccccc3)C2)cc1.